The molecule has 1 unspecified atom stereocenters. The SMILES string of the molecule is CCCN(CCC)C1=C(Cl)C(=O)C(c2ccoc2C)C1(OC)OC. The van der Waals surface area contributed by atoms with Crippen molar-refractivity contribution < 1.29 is 18.7 Å². The van der Waals surface area contributed by atoms with Gasteiger partial charge in [0.1, 0.15) is 16.7 Å². The maximum Gasteiger partial charge on any atom is 0.225 e. The standard InChI is InChI=1S/C18H26ClNO4/c1-6-9-20(10-7-2)17-15(19)16(21)14(18(17,22-4)23-5)13-8-11-24-12(13)3/h8,11,14H,6-7,9-10H2,1-5H3. The molecule has 1 heterocycles. The molecule has 6 heteroatoms. The highest BCUT2D eigenvalue weighted by atomic mass is 35.5. The molecule has 5 nitrogen and oxygen atoms in total. The van der Waals surface area contributed by atoms with Crippen LogP contribution in [0.3, 0.4) is 0 Å². The summed E-state index contributed by atoms with van der Waals surface area (Å²) in [6.07, 6.45) is 3.43. The van der Waals surface area contributed by atoms with Crippen LogP contribution >= 0.6 is 11.6 Å². The first-order chi connectivity index (χ1) is 11.5. The van der Waals surface area contributed by atoms with Crippen LogP contribution in [-0.2, 0) is 14.3 Å². The largest absolute Gasteiger partial charge is 0.469 e. The molecule has 0 N–H and O–H groups in total. The zero-order valence-corrected chi connectivity index (χ0v) is 15.8. The number of carbonyl (C=O) groups excluding carboxylic acids is 1. The third kappa shape index (κ3) is 2.89. The number of hydrogen-bond donors (Lipinski definition) is 0. The molecule has 2 rings (SSSR count). The first-order valence-corrected chi connectivity index (χ1v) is 8.69. The van der Waals surface area contributed by atoms with Crippen molar-refractivity contribution in [2.45, 2.75) is 45.3 Å². The summed E-state index contributed by atoms with van der Waals surface area (Å²) in [4.78, 5) is 15.1. The summed E-state index contributed by atoms with van der Waals surface area (Å²) in [5.74, 6) is -1.45. The number of aryl methyl sites for hydroxylation is 1. The number of allylic oxidation sites excluding steroid dienone is 1. The number of ketones is 1. The average molecular weight is 356 g/mol. The second-order valence-electron chi connectivity index (χ2n) is 5.95. The maximum atomic E-state index is 13.0. The van der Waals surface area contributed by atoms with Gasteiger partial charge < -0.3 is 18.8 Å². The van der Waals surface area contributed by atoms with Crippen molar-refractivity contribution in [2.24, 2.45) is 0 Å². The molecule has 1 aliphatic carbocycles. The quantitative estimate of drug-likeness (QED) is 0.663. The van der Waals surface area contributed by atoms with Crippen molar-refractivity contribution in [3.63, 3.8) is 0 Å². The van der Waals surface area contributed by atoms with E-state index >= 15 is 0 Å². The predicted molar refractivity (Wildman–Crippen MR) is 93.0 cm³/mol. The van der Waals surface area contributed by atoms with Crippen molar-refractivity contribution >= 4 is 17.4 Å². The average Bonchev–Trinajstić information content (AvgIpc) is 3.07. The molecule has 0 amide bonds. The van der Waals surface area contributed by atoms with Crippen molar-refractivity contribution in [1.82, 2.24) is 4.90 Å². The summed E-state index contributed by atoms with van der Waals surface area (Å²) in [7, 11) is 3.09. The molecule has 1 aromatic rings. The number of rotatable bonds is 8. The molecular formula is C18H26ClNO4. The molecule has 24 heavy (non-hydrogen) atoms. The van der Waals surface area contributed by atoms with E-state index in [0.29, 0.717) is 11.5 Å². The van der Waals surface area contributed by atoms with E-state index in [0.717, 1.165) is 31.5 Å². The van der Waals surface area contributed by atoms with E-state index in [1.807, 2.05) is 6.92 Å². The molecule has 1 aliphatic rings. The topological polar surface area (TPSA) is 51.9 Å². The Balaban J connectivity index is 2.60. The monoisotopic (exact) mass is 355 g/mol. The van der Waals surface area contributed by atoms with Gasteiger partial charge in [0.15, 0.2) is 5.78 Å². The summed E-state index contributed by atoms with van der Waals surface area (Å²) < 4.78 is 17.0. The van der Waals surface area contributed by atoms with E-state index in [9.17, 15) is 4.79 Å². The van der Waals surface area contributed by atoms with Crippen LogP contribution in [0.1, 0.15) is 43.9 Å². The van der Waals surface area contributed by atoms with Crippen LogP contribution in [0.4, 0.5) is 0 Å². The predicted octanol–water partition coefficient (Wildman–Crippen LogP) is 3.82. The first kappa shape index (κ1) is 19.0. The van der Waals surface area contributed by atoms with Gasteiger partial charge in [-0.15, -0.1) is 0 Å². The Morgan fingerprint density at radius 3 is 2.25 bits per heavy atom. The summed E-state index contributed by atoms with van der Waals surface area (Å²) in [5.41, 5.74) is 1.36. The van der Waals surface area contributed by atoms with Crippen molar-refractivity contribution in [3.05, 3.63) is 34.4 Å². The normalized spacial score (nSPS) is 20.1. The van der Waals surface area contributed by atoms with E-state index in [4.69, 9.17) is 25.5 Å². The van der Waals surface area contributed by atoms with Gasteiger partial charge in [0.05, 0.1) is 12.0 Å². The van der Waals surface area contributed by atoms with Gasteiger partial charge >= 0.3 is 0 Å². The van der Waals surface area contributed by atoms with Crippen LogP contribution in [0, 0.1) is 6.92 Å². The highest BCUT2D eigenvalue weighted by Crippen LogP contribution is 2.50. The van der Waals surface area contributed by atoms with E-state index in [2.05, 4.69) is 18.7 Å². The van der Waals surface area contributed by atoms with Crippen LogP contribution in [0.15, 0.2) is 27.5 Å². The molecule has 0 radical (unpaired) electrons. The summed E-state index contributed by atoms with van der Waals surface area (Å²) in [6.45, 7) is 7.55. The third-order valence-corrected chi connectivity index (χ3v) is 4.88. The molecule has 1 aromatic heterocycles. The highest BCUT2D eigenvalue weighted by molar-refractivity contribution is 6.45. The number of Topliss-reactive ketones (excluding diaryl/α,β-unsaturated/α-hetero) is 1. The van der Waals surface area contributed by atoms with Crippen LogP contribution in [-0.4, -0.2) is 43.8 Å². The summed E-state index contributed by atoms with van der Waals surface area (Å²) in [5, 5.41) is 0.186. The zero-order chi connectivity index (χ0) is 17.9. The minimum absolute atomic E-state index is 0.186. The number of furan rings is 1. The minimum Gasteiger partial charge on any atom is -0.469 e. The Labute approximate surface area is 148 Å². The van der Waals surface area contributed by atoms with Gasteiger partial charge in [0.25, 0.3) is 0 Å². The van der Waals surface area contributed by atoms with Crippen LogP contribution in [0.25, 0.3) is 0 Å². The first-order valence-electron chi connectivity index (χ1n) is 8.32. The fourth-order valence-corrected chi connectivity index (χ4v) is 3.85. The summed E-state index contributed by atoms with van der Waals surface area (Å²) >= 11 is 6.50. The lowest BCUT2D eigenvalue weighted by atomic mass is 9.90. The Hall–Kier alpha value is -1.30. The molecule has 0 spiro atoms. The Morgan fingerprint density at radius 2 is 1.83 bits per heavy atom. The molecule has 0 saturated carbocycles. The van der Waals surface area contributed by atoms with Crippen molar-refractivity contribution in [3.8, 4) is 0 Å². The number of hydrogen-bond acceptors (Lipinski definition) is 5. The minimum atomic E-state index is -1.24. The molecule has 134 valence electrons. The number of carbonyl (C=O) groups is 1. The molecular weight excluding hydrogens is 330 g/mol. The van der Waals surface area contributed by atoms with Crippen LogP contribution in [0.5, 0.6) is 0 Å². The fourth-order valence-electron chi connectivity index (χ4n) is 3.49. The molecule has 0 saturated heterocycles. The van der Waals surface area contributed by atoms with E-state index in [1.165, 1.54) is 0 Å². The lowest BCUT2D eigenvalue weighted by Gasteiger charge is -2.39. The molecule has 0 aromatic carbocycles. The number of methoxy groups -OCH3 is 2. The van der Waals surface area contributed by atoms with Gasteiger partial charge in [0.2, 0.25) is 5.79 Å². The van der Waals surface area contributed by atoms with E-state index in [1.54, 1.807) is 26.5 Å². The second-order valence-corrected chi connectivity index (χ2v) is 6.33. The Kier molecular flexibility index (Phi) is 6.12. The van der Waals surface area contributed by atoms with Gasteiger partial charge in [-0.3, -0.25) is 4.79 Å². The lowest BCUT2D eigenvalue weighted by molar-refractivity contribution is -0.199. The molecule has 0 bridgehead atoms. The number of halogens is 1. The van der Waals surface area contributed by atoms with Crippen LogP contribution in [0.2, 0.25) is 0 Å². The summed E-state index contributed by atoms with van der Waals surface area (Å²) in [6, 6.07) is 1.78. The van der Waals surface area contributed by atoms with Crippen molar-refractivity contribution in [1.29, 1.82) is 0 Å². The maximum absolute atomic E-state index is 13.0. The van der Waals surface area contributed by atoms with Gasteiger partial charge in [-0.2, -0.15) is 0 Å². The molecule has 1 atom stereocenters. The lowest BCUT2D eigenvalue weighted by Crippen LogP contribution is -2.47. The second kappa shape index (κ2) is 7.72. The molecule has 0 aliphatic heterocycles. The van der Waals surface area contributed by atoms with Gasteiger partial charge in [0, 0.05) is 32.9 Å². The van der Waals surface area contributed by atoms with Crippen molar-refractivity contribution in [2.75, 3.05) is 27.3 Å². The van der Waals surface area contributed by atoms with E-state index < -0.39 is 11.7 Å². The zero-order valence-electron chi connectivity index (χ0n) is 15.0. The van der Waals surface area contributed by atoms with Gasteiger partial charge in [-0.1, -0.05) is 25.4 Å². The number of nitrogens with zero attached hydrogens (tertiary/aromatic N) is 1. The van der Waals surface area contributed by atoms with Crippen LogP contribution < -0.4 is 0 Å². The van der Waals surface area contributed by atoms with Gasteiger partial charge in [-0.05, 0) is 25.8 Å². The Bertz CT molecular complexity index is 612. The van der Waals surface area contributed by atoms with E-state index in [-0.39, 0.29) is 10.8 Å². The van der Waals surface area contributed by atoms with Gasteiger partial charge in [-0.25, -0.2) is 0 Å². The third-order valence-electron chi connectivity index (χ3n) is 4.52. The fraction of sp³-hybridized carbons (Fsp3) is 0.611. The smallest absolute Gasteiger partial charge is 0.225 e. The molecule has 0 fully saturated rings. The Morgan fingerprint density at radius 1 is 1.25 bits per heavy atom. The highest BCUT2D eigenvalue weighted by Gasteiger charge is 2.58. The number of ether oxygens (including phenoxy) is 2.